The molecule has 1 aromatic carbocycles. The summed E-state index contributed by atoms with van der Waals surface area (Å²) in [5.74, 6) is 1.55. The molecule has 0 aliphatic rings. The van der Waals surface area contributed by atoms with Crippen LogP contribution in [0.5, 0.6) is 11.5 Å². The van der Waals surface area contributed by atoms with E-state index in [9.17, 15) is 0 Å². The number of benzene rings is 1. The summed E-state index contributed by atoms with van der Waals surface area (Å²) in [7, 11) is 1.65. The summed E-state index contributed by atoms with van der Waals surface area (Å²) in [5.41, 5.74) is 1.24. The van der Waals surface area contributed by atoms with Crippen LogP contribution in [0.25, 0.3) is 0 Å². The molecule has 76 valence electrons. The fourth-order valence-corrected chi connectivity index (χ4v) is 1.20. The van der Waals surface area contributed by atoms with E-state index in [0.717, 1.165) is 17.9 Å². The Kier molecular flexibility index (Phi) is 4.05. The lowest BCUT2D eigenvalue weighted by molar-refractivity contribution is 0.326. The fraction of sp³-hybridized carbons (Fsp3) is 0.333. The summed E-state index contributed by atoms with van der Waals surface area (Å²) >= 11 is 0. The smallest absolute Gasteiger partial charge is 0.161 e. The SMILES string of the molecule is C=CCOc1ccc(CC)cc1OC. The number of hydrogen-bond donors (Lipinski definition) is 0. The second-order valence-electron chi connectivity index (χ2n) is 2.94. The van der Waals surface area contributed by atoms with Crippen LogP contribution in [-0.4, -0.2) is 13.7 Å². The van der Waals surface area contributed by atoms with E-state index in [4.69, 9.17) is 9.47 Å². The predicted molar refractivity (Wildman–Crippen MR) is 58.1 cm³/mol. The topological polar surface area (TPSA) is 18.5 Å². The largest absolute Gasteiger partial charge is 0.493 e. The molecule has 0 fully saturated rings. The van der Waals surface area contributed by atoms with Gasteiger partial charge in [0.15, 0.2) is 11.5 Å². The first-order valence-electron chi connectivity index (χ1n) is 4.72. The minimum atomic E-state index is 0.502. The molecule has 1 aromatic rings. The lowest BCUT2D eigenvalue weighted by Gasteiger charge is -2.10. The number of rotatable bonds is 5. The van der Waals surface area contributed by atoms with Crippen molar-refractivity contribution >= 4 is 0 Å². The van der Waals surface area contributed by atoms with E-state index in [1.165, 1.54) is 5.56 Å². The Labute approximate surface area is 85.2 Å². The lowest BCUT2D eigenvalue weighted by Crippen LogP contribution is -1.96. The molecule has 0 spiro atoms. The molecule has 0 N–H and O–H groups in total. The van der Waals surface area contributed by atoms with Gasteiger partial charge in [-0.1, -0.05) is 25.6 Å². The Bertz CT molecular complexity index is 305. The summed E-state index contributed by atoms with van der Waals surface area (Å²) in [6.07, 6.45) is 2.71. The average molecular weight is 192 g/mol. The highest BCUT2D eigenvalue weighted by Crippen LogP contribution is 2.28. The van der Waals surface area contributed by atoms with E-state index in [1.807, 2.05) is 18.2 Å². The van der Waals surface area contributed by atoms with Crippen molar-refractivity contribution in [2.75, 3.05) is 13.7 Å². The maximum atomic E-state index is 5.43. The minimum Gasteiger partial charge on any atom is -0.493 e. The fourth-order valence-electron chi connectivity index (χ4n) is 1.20. The van der Waals surface area contributed by atoms with Crippen molar-refractivity contribution in [2.45, 2.75) is 13.3 Å². The van der Waals surface area contributed by atoms with Gasteiger partial charge >= 0.3 is 0 Å². The zero-order chi connectivity index (χ0) is 10.4. The molecule has 1 rings (SSSR count). The lowest BCUT2D eigenvalue weighted by atomic mass is 10.1. The maximum Gasteiger partial charge on any atom is 0.161 e. The van der Waals surface area contributed by atoms with Crippen molar-refractivity contribution in [3.63, 3.8) is 0 Å². The van der Waals surface area contributed by atoms with Crippen molar-refractivity contribution in [2.24, 2.45) is 0 Å². The van der Waals surface area contributed by atoms with Crippen LogP contribution in [0.15, 0.2) is 30.9 Å². The molecule has 0 heterocycles. The Morgan fingerprint density at radius 3 is 2.71 bits per heavy atom. The molecule has 2 nitrogen and oxygen atoms in total. The van der Waals surface area contributed by atoms with Gasteiger partial charge in [0.2, 0.25) is 0 Å². The highest BCUT2D eigenvalue weighted by atomic mass is 16.5. The number of methoxy groups -OCH3 is 1. The molecule has 0 saturated heterocycles. The molecule has 0 unspecified atom stereocenters. The highest BCUT2D eigenvalue weighted by molar-refractivity contribution is 5.43. The van der Waals surface area contributed by atoms with Gasteiger partial charge in [0, 0.05) is 0 Å². The van der Waals surface area contributed by atoms with Crippen molar-refractivity contribution in [1.29, 1.82) is 0 Å². The molecule has 2 heteroatoms. The first kappa shape index (κ1) is 10.6. The predicted octanol–water partition coefficient (Wildman–Crippen LogP) is 2.82. The van der Waals surface area contributed by atoms with Crippen molar-refractivity contribution < 1.29 is 9.47 Å². The zero-order valence-electron chi connectivity index (χ0n) is 8.75. The van der Waals surface area contributed by atoms with Crippen LogP contribution in [-0.2, 0) is 6.42 Å². The molecular formula is C12H16O2. The zero-order valence-corrected chi connectivity index (χ0v) is 8.75. The van der Waals surface area contributed by atoms with Crippen LogP contribution in [0.2, 0.25) is 0 Å². The van der Waals surface area contributed by atoms with Gasteiger partial charge in [-0.05, 0) is 24.1 Å². The van der Waals surface area contributed by atoms with Gasteiger partial charge in [-0.15, -0.1) is 0 Å². The summed E-state index contributed by atoms with van der Waals surface area (Å²) in [6.45, 7) is 6.21. The van der Waals surface area contributed by atoms with Gasteiger partial charge in [-0.2, -0.15) is 0 Å². The highest BCUT2D eigenvalue weighted by Gasteiger charge is 2.03. The van der Waals surface area contributed by atoms with Crippen molar-refractivity contribution in [3.8, 4) is 11.5 Å². The van der Waals surface area contributed by atoms with Crippen LogP contribution in [0.4, 0.5) is 0 Å². The Hall–Kier alpha value is -1.44. The van der Waals surface area contributed by atoms with E-state index in [-0.39, 0.29) is 0 Å². The second-order valence-corrected chi connectivity index (χ2v) is 2.94. The molecule has 0 aliphatic heterocycles. The Balaban J connectivity index is 2.87. The molecule has 0 saturated carbocycles. The molecule has 0 atom stereocenters. The number of aryl methyl sites for hydroxylation is 1. The van der Waals surface area contributed by atoms with Crippen LogP contribution in [0.1, 0.15) is 12.5 Å². The van der Waals surface area contributed by atoms with Gasteiger partial charge in [0.25, 0.3) is 0 Å². The van der Waals surface area contributed by atoms with Gasteiger partial charge in [0.1, 0.15) is 6.61 Å². The molecular weight excluding hydrogens is 176 g/mol. The first-order chi connectivity index (χ1) is 6.81. The molecule has 0 aliphatic carbocycles. The van der Waals surface area contributed by atoms with Crippen LogP contribution >= 0.6 is 0 Å². The van der Waals surface area contributed by atoms with Gasteiger partial charge in [0.05, 0.1) is 7.11 Å². The van der Waals surface area contributed by atoms with Crippen molar-refractivity contribution in [3.05, 3.63) is 36.4 Å². The number of ether oxygens (including phenoxy) is 2. The summed E-state index contributed by atoms with van der Waals surface area (Å²) in [6, 6.07) is 5.97. The van der Waals surface area contributed by atoms with E-state index >= 15 is 0 Å². The average Bonchev–Trinajstić information content (AvgIpc) is 2.26. The summed E-state index contributed by atoms with van der Waals surface area (Å²) in [5, 5.41) is 0. The molecule has 14 heavy (non-hydrogen) atoms. The monoisotopic (exact) mass is 192 g/mol. The van der Waals surface area contributed by atoms with Gasteiger partial charge in [-0.3, -0.25) is 0 Å². The van der Waals surface area contributed by atoms with Gasteiger partial charge < -0.3 is 9.47 Å². The molecule has 0 radical (unpaired) electrons. The molecule has 0 bridgehead atoms. The molecule has 0 amide bonds. The third kappa shape index (κ3) is 2.52. The minimum absolute atomic E-state index is 0.502. The quantitative estimate of drug-likeness (QED) is 0.668. The summed E-state index contributed by atoms with van der Waals surface area (Å²) in [4.78, 5) is 0. The third-order valence-electron chi connectivity index (χ3n) is 1.99. The Morgan fingerprint density at radius 2 is 2.14 bits per heavy atom. The van der Waals surface area contributed by atoms with E-state index in [0.29, 0.717) is 6.61 Å². The van der Waals surface area contributed by atoms with Crippen LogP contribution in [0.3, 0.4) is 0 Å². The van der Waals surface area contributed by atoms with E-state index in [1.54, 1.807) is 13.2 Å². The second kappa shape index (κ2) is 5.32. The maximum absolute atomic E-state index is 5.43. The van der Waals surface area contributed by atoms with Crippen molar-refractivity contribution in [1.82, 2.24) is 0 Å². The van der Waals surface area contributed by atoms with Crippen LogP contribution < -0.4 is 9.47 Å². The standard InChI is InChI=1S/C12H16O2/c1-4-8-14-11-7-6-10(5-2)9-12(11)13-3/h4,6-7,9H,1,5,8H2,2-3H3. The van der Waals surface area contributed by atoms with Gasteiger partial charge in [-0.25, -0.2) is 0 Å². The third-order valence-corrected chi connectivity index (χ3v) is 1.99. The Morgan fingerprint density at radius 1 is 1.36 bits per heavy atom. The molecule has 0 aromatic heterocycles. The van der Waals surface area contributed by atoms with E-state index < -0.39 is 0 Å². The number of hydrogen-bond acceptors (Lipinski definition) is 2. The first-order valence-corrected chi connectivity index (χ1v) is 4.72. The van der Waals surface area contributed by atoms with Crippen LogP contribution in [0, 0.1) is 0 Å². The summed E-state index contributed by atoms with van der Waals surface area (Å²) < 4.78 is 10.7. The normalized spacial score (nSPS) is 9.57. The van der Waals surface area contributed by atoms with E-state index in [2.05, 4.69) is 13.5 Å².